The van der Waals surface area contributed by atoms with Crippen LogP contribution in [-0.2, 0) is 14.4 Å². The van der Waals surface area contributed by atoms with Crippen LogP contribution in [0.3, 0.4) is 0 Å². The van der Waals surface area contributed by atoms with Gasteiger partial charge in [0.15, 0.2) is 0 Å². The summed E-state index contributed by atoms with van der Waals surface area (Å²) in [5, 5.41) is 0. The number of carbonyl (C=O) groups is 3. The van der Waals surface area contributed by atoms with Crippen LogP contribution in [0.4, 0.5) is 0 Å². The highest BCUT2D eigenvalue weighted by molar-refractivity contribution is 7.80. The van der Waals surface area contributed by atoms with E-state index in [1.165, 1.54) is 11.8 Å². The predicted octanol–water partition coefficient (Wildman–Crippen LogP) is -0.759. The van der Waals surface area contributed by atoms with Crippen molar-refractivity contribution in [3.05, 3.63) is 0 Å². The number of likely N-dealkylation sites (tertiary alicyclic amines) is 2. The van der Waals surface area contributed by atoms with Crippen molar-refractivity contribution in [2.24, 2.45) is 11.1 Å². The molecule has 2 N–H and O–H groups in total. The molecule has 0 radical (unpaired) electrons. The maximum atomic E-state index is 12.4. The van der Waals surface area contributed by atoms with E-state index in [9.17, 15) is 14.4 Å². The van der Waals surface area contributed by atoms with Crippen molar-refractivity contribution in [1.82, 2.24) is 9.80 Å². The zero-order chi connectivity index (χ0) is 14.2. The van der Waals surface area contributed by atoms with Crippen LogP contribution < -0.4 is 5.73 Å². The zero-order valence-corrected chi connectivity index (χ0v) is 11.9. The van der Waals surface area contributed by atoms with Crippen molar-refractivity contribution < 1.29 is 14.4 Å². The van der Waals surface area contributed by atoms with E-state index >= 15 is 0 Å². The number of carbonyl (C=O) groups excluding carboxylic acids is 3. The monoisotopic (exact) mass is 285 g/mol. The van der Waals surface area contributed by atoms with Gasteiger partial charge in [0.25, 0.3) is 0 Å². The lowest BCUT2D eigenvalue weighted by molar-refractivity contribution is -0.173. The minimum atomic E-state index is -0.644. The highest BCUT2D eigenvalue weighted by Gasteiger charge is 2.56. The predicted molar refractivity (Wildman–Crippen MR) is 72.5 cm³/mol. The van der Waals surface area contributed by atoms with Crippen molar-refractivity contribution in [3.8, 4) is 0 Å². The Bertz CT molecular complexity index is 428. The number of nitrogens with zero attached hydrogens (tertiary/aromatic N) is 2. The first-order valence-corrected chi connectivity index (χ1v) is 7.01. The molecule has 2 atom stereocenters. The van der Waals surface area contributed by atoms with Gasteiger partial charge in [-0.15, -0.1) is 0 Å². The van der Waals surface area contributed by atoms with Crippen molar-refractivity contribution in [2.45, 2.75) is 25.8 Å². The van der Waals surface area contributed by atoms with Crippen LogP contribution in [-0.4, -0.2) is 59.0 Å². The Morgan fingerprint density at radius 1 is 1.47 bits per heavy atom. The summed E-state index contributed by atoms with van der Waals surface area (Å²) < 4.78 is 0. The normalized spacial score (nSPS) is 28.2. The number of piperidine rings is 1. The van der Waals surface area contributed by atoms with Gasteiger partial charge >= 0.3 is 0 Å². The molecule has 2 heterocycles. The molecule has 1 unspecified atom stereocenters. The molecule has 0 saturated carbocycles. The first kappa shape index (κ1) is 14.2. The maximum absolute atomic E-state index is 12.4. The van der Waals surface area contributed by atoms with Gasteiger partial charge in [0.1, 0.15) is 6.04 Å². The van der Waals surface area contributed by atoms with Crippen molar-refractivity contribution in [2.75, 3.05) is 25.4 Å². The van der Waals surface area contributed by atoms with Crippen LogP contribution in [0, 0.1) is 5.41 Å². The molecule has 0 aromatic heterocycles. The lowest BCUT2D eigenvalue weighted by Crippen LogP contribution is -2.71. The van der Waals surface area contributed by atoms with E-state index in [-0.39, 0.29) is 17.6 Å². The summed E-state index contributed by atoms with van der Waals surface area (Å²) in [5.74, 6) is -0.382. The zero-order valence-electron chi connectivity index (χ0n) is 11.0. The number of thiol groups is 1. The largest absolute Gasteiger partial charge is 0.368 e. The number of hydrogen-bond acceptors (Lipinski definition) is 4. The van der Waals surface area contributed by atoms with Gasteiger partial charge in [0, 0.05) is 32.3 Å². The van der Waals surface area contributed by atoms with Crippen LogP contribution in [0.5, 0.6) is 0 Å². The Morgan fingerprint density at radius 3 is 2.63 bits per heavy atom. The fourth-order valence-corrected chi connectivity index (χ4v) is 3.35. The third-order valence-electron chi connectivity index (χ3n) is 4.09. The molecule has 106 valence electrons. The van der Waals surface area contributed by atoms with Gasteiger partial charge in [0.05, 0.1) is 5.41 Å². The fraction of sp³-hybridized carbons (Fsp3) is 0.750. The minimum Gasteiger partial charge on any atom is -0.368 e. The van der Waals surface area contributed by atoms with Crippen LogP contribution in [0.2, 0.25) is 0 Å². The molecule has 0 aliphatic carbocycles. The number of primary amides is 1. The number of β-lactam (4-membered cyclic amide) rings is 1. The van der Waals surface area contributed by atoms with E-state index < -0.39 is 17.4 Å². The minimum absolute atomic E-state index is 0.00836. The first-order chi connectivity index (χ1) is 8.91. The Hall–Kier alpha value is -1.24. The van der Waals surface area contributed by atoms with E-state index in [0.29, 0.717) is 19.6 Å². The van der Waals surface area contributed by atoms with Gasteiger partial charge in [-0.1, -0.05) is 0 Å². The second-order valence-electron chi connectivity index (χ2n) is 5.36. The van der Waals surface area contributed by atoms with Gasteiger partial charge in [-0.3, -0.25) is 14.4 Å². The van der Waals surface area contributed by atoms with Gasteiger partial charge < -0.3 is 15.5 Å². The molecular formula is C12H19N3O3S. The molecule has 2 saturated heterocycles. The van der Waals surface area contributed by atoms with E-state index in [0.717, 1.165) is 12.8 Å². The topological polar surface area (TPSA) is 83.7 Å². The molecule has 0 bridgehead atoms. The summed E-state index contributed by atoms with van der Waals surface area (Å²) in [7, 11) is 0. The average molecular weight is 285 g/mol. The van der Waals surface area contributed by atoms with Gasteiger partial charge in [-0.25, -0.2) is 0 Å². The molecule has 2 aliphatic heterocycles. The molecule has 2 aliphatic rings. The van der Waals surface area contributed by atoms with E-state index in [1.807, 2.05) is 0 Å². The van der Waals surface area contributed by atoms with Gasteiger partial charge in [0.2, 0.25) is 17.7 Å². The quantitative estimate of drug-likeness (QED) is 0.528. The first-order valence-electron chi connectivity index (χ1n) is 6.38. The Kier molecular flexibility index (Phi) is 3.75. The van der Waals surface area contributed by atoms with Crippen molar-refractivity contribution in [3.63, 3.8) is 0 Å². The van der Waals surface area contributed by atoms with E-state index in [4.69, 9.17) is 5.73 Å². The highest BCUT2D eigenvalue weighted by Crippen LogP contribution is 2.41. The summed E-state index contributed by atoms with van der Waals surface area (Å²) in [6.45, 7) is 3.16. The number of amides is 3. The smallest absolute Gasteiger partial charge is 0.241 e. The van der Waals surface area contributed by atoms with E-state index in [1.54, 1.807) is 4.90 Å². The van der Waals surface area contributed by atoms with Crippen LogP contribution in [0.25, 0.3) is 0 Å². The number of rotatable bonds is 3. The molecule has 3 amide bonds. The lowest BCUT2D eigenvalue weighted by Gasteiger charge is -2.54. The molecule has 2 fully saturated rings. The molecular weight excluding hydrogens is 266 g/mol. The third kappa shape index (κ3) is 2.31. The lowest BCUT2D eigenvalue weighted by atomic mass is 9.71. The van der Waals surface area contributed by atoms with Gasteiger partial charge in [-0.05, 0) is 12.8 Å². The van der Waals surface area contributed by atoms with Crippen LogP contribution in [0.15, 0.2) is 0 Å². The summed E-state index contributed by atoms with van der Waals surface area (Å²) in [4.78, 5) is 38.2. The second-order valence-corrected chi connectivity index (χ2v) is 5.72. The van der Waals surface area contributed by atoms with Crippen molar-refractivity contribution in [1.29, 1.82) is 0 Å². The molecule has 7 heteroatoms. The summed E-state index contributed by atoms with van der Waals surface area (Å²) >= 11 is 4.07. The Morgan fingerprint density at radius 2 is 2.16 bits per heavy atom. The standard InChI is InChI=1S/C12H19N3O3S/c1-8(16)14-4-2-3-12(6-14)7-15(11(12)18)9(5-19)10(13)17/h9,19H,2-7H2,1H3,(H2,13,17)/t9-,12?/m0/s1. The SMILES string of the molecule is CC(=O)N1CCCC2(C1)CN([C@@H](CS)C(N)=O)C2=O. The maximum Gasteiger partial charge on any atom is 0.241 e. The summed E-state index contributed by atoms with van der Waals surface area (Å²) in [6, 6.07) is -0.644. The third-order valence-corrected chi connectivity index (χ3v) is 4.43. The molecule has 2 rings (SSSR count). The fourth-order valence-electron chi connectivity index (χ4n) is 2.98. The second kappa shape index (κ2) is 5.03. The van der Waals surface area contributed by atoms with Crippen molar-refractivity contribution >= 4 is 30.4 Å². The van der Waals surface area contributed by atoms with E-state index in [2.05, 4.69) is 12.6 Å². The molecule has 19 heavy (non-hydrogen) atoms. The Labute approximate surface area is 117 Å². The number of hydrogen-bond donors (Lipinski definition) is 2. The highest BCUT2D eigenvalue weighted by atomic mass is 32.1. The Balaban J connectivity index is 2.07. The molecule has 0 aromatic carbocycles. The van der Waals surface area contributed by atoms with Crippen LogP contribution >= 0.6 is 12.6 Å². The number of nitrogens with two attached hydrogens (primary N) is 1. The van der Waals surface area contributed by atoms with Gasteiger partial charge in [-0.2, -0.15) is 12.6 Å². The molecule has 6 nitrogen and oxygen atoms in total. The molecule has 1 spiro atoms. The summed E-state index contributed by atoms with van der Waals surface area (Å²) in [6.07, 6.45) is 1.59. The average Bonchev–Trinajstić information content (AvgIpc) is 2.38. The van der Waals surface area contributed by atoms with Crippen LogP contribution in [0.1, 0.15) is 19.8 Å². The summed E-state index contributed by atoms with van der Waals surface area (Å²) in [5.41, 5.74) is 4.77. The molecule has 0 aromatic rings.